The van der Waals surface area contributed by atoms with Crippen molar-refractivity contribution in [1.29, 1.82) is 0 Å². The van der Waals surface area contributed by atoms with E-state index in [9.17, 15) is 4.79 Å². The van der Waals surface area contributed by atoms with Crippen LogP contribution in [-0.4, -0.2) is 30.0 Å². The Morgan fingerprint density at radius 1 is 1.80 bits per heavy atom. The van der Waals surface area contributed by atoms with Gasteiger partial charge in [-0.05, 0) is 22.9 Å². The SMILES string of the molecule is CC1(NCC(=O)Br)COC1. The van der Waals surface area contributed by atoms with Crippen LogP contribution in [-0.2, 0) is 9.53 Å². The average molecular weight is 208 g/mol. The van der Waals surface area contributed by atoms with Crippen molar-refractivity contribution in [3.8, 4) is 0 Å². The summed E-state index contributed by atoms with van der Waals surface area (Å²) < 4.78 is 4.97. The van der Waals surface area contributed by atoms with E-state index >= 15 is 0 Å². The average Bonchev–Trinajstić information content (AvgIpc) is 1.79. The number of carbonyl (C=O) groups excluding carboxylic acids is 1. The van der Waals surface area contributed by atoms with Crippen molar-refractivity contribution in [2.45, 2.75) is 12.5 Å². The fourth-order valence-corrected chi connectivity index (χ4v) is 0.933. The molecule has 4 heteroatoms. The molecule has 0 unspecified atom stereocenters. The van der Waals surface area contributed by atoms with E-state index in [0.717, 1.165) is 0 Å². The molecule has 1 aliphatic rings. The minimum absolute atomic E-state index is 0.0133. The summed E-state index contributed by atoms with van der Waals surface area (Å²) in [5.74, 6) is 0. The van der Waals surface area contributed by atoms with Crippen LogP contribution in [0.3, 0.4) is 0 Å². The molecule has 1 heterocycles. The summed E-state index contributed by atoms with van der Waals surface area (Å²) in [5, 5.41) is 3.07. The van der Waals surface area contributed by atoms with E-state index in [-0.39, 0.29) is 10.2 Å². The lowest BCUT2D eigenvalue weighted by Gasteiger charge is -2.38. The van der Waals surface area contributed by atoms with E-state index in [1.807, 2.05) is 6.92 Å². The van der Waals surface area contributed by atoms with Gasteiger partial charge in [-0.1, -0.05) is 0 Å². The fourth-order valence-electron chi connectivity index (χ4n) is 0.793. The Balaban J connectivity index is 2.18. The molecule has 1 saturated heterocycles. The van der Waals surface area contributed by atoms with Crippen LogP contribution < -0.4 is 5.32 Å². The maximum Gasteiger partial charge on any atom is 0.211 e. The molecule has 0 spiro atoms. The first-order valence-corrected chi connectivity index (χ1v) is 3.93. The zero-order valence-electron chi connectivity index (χ0n) is 5.82. The first-order valence-electron chi connectivity index (χ1n) is 3.13. The predicted octanol–water partition coefficient (Wildman–Crippen LogP) is 0.286. The molecule has 3 nitrogen and oxygen atoms in total. The van der Waals surface area contributed by atoms with Crippen LogP contribution in [0, 0.1) is 0 Å². The van der Waals surface area contributed by atoms with Gasteiger partial charge >= 0.3 is 0 Å². The minimum atomic E-state index is -0.0133. The number of hydrogen-bond acceptors (Lipinski definition) is 3. The molecule has 10 heavy (non-hydrogen) atoms. The molecule has 0 atom stereocenters. The number of rotatable bonds is 3. The standard InChI is InChI=1S/C6H10BrNO2/c1-6(3-10-4-6)8-2-5(7)9/h8H,2-4H2,1H3. The highest BCUT2D eigenvalue weighted by molar-refractivity contribution is 9.18. The third kappa shape index (κ3) is 2.04. The van der Waals surface area contributed by atoms with Crippen molar-refractivity contribution >= 4 is 20.6 Å². The molecule has 58 valence electrons. The molecular formula is C6H10BrNO2. The summed E-state index contributed by atoms with van der Waals surface area (Å²) in [6.45, 7) is 3.81. The predicted molar refractivity (Wildman–Crippen MR) is 41.2 cm³/mol. The molecule has 0 aromatic heterocycles. The molecule has 0 radical (unpaired) electrons. The van der Waals surface area contributed by atoms with Crippen LogP contribution in [0.4, 0.5) is 0 Å². The molecule has 0 aliphatic carbocycles. The largest absolute Gasteiger partial charge is 0.377 e. The van der Waals surface area contributed by atoms with Gasteiger partial charge in [-0.3, -0.25) is 10.1 Å². The monoisotopic (exact) mass is 207 g/mol. The van der Waals surface area contributed by atoms with Gasteiger partial charge in [0.15, 0.2) is 0 Å². The van der Waals surface area contributed by atoms with Crippen LogP contribution >= 0.6 is 15.9 Å². The lowest BCUT2D eigenvalue weighted by Crippen LogP contribution is -2.58. The summed E-state index contributed by atoms with van der Waals surface area (Å²) in [4.78, 5) is 10.4. The van der Waals surface area contributed by atoms with E-state index in [1.54, 1.807) is 0 Å². The van der Waals surface area contributed by atoms with Crippen molar-refractivity contribution in [3.63, 3.8) is 0 Å². The van der Waals surface area contributed by atoms with Crippen LogP contribution in [0.1, 0.15) is 6.92 Å². The zero-order valence-corrected chi connectivity index (χ0v) is 7.40. The van der Waals surface area contributed by atoms with Crippen LogP contribution in [0.2, 0.25) is 0 Å². The smallest absolute Gasteiger partial charge is 0.211 e. The molecule has 1 N–H and O–H groups in total. The van der Waals surface area contributed by atoms with Gasteiger partial charge < -0.3 is 4.74 Å². The first kappa shape index (κ1) is 8.17. The van der Waals surface area contributed by atoms with Gasteiger partial charge in [-0.15, -0.1) is 0 Å². The lowest BCUT2D eigenvalue weighted by atomic mass is 10.0. The zero-order chi connectivity index (χ0) is 7.61. The highest BCUT2D eigenvalue weighted by Gasteiger charge is 2.32. The molecule has 0 amide bonds. The van der Waals surface area contributed by atoms with Crippen molar-refractivity contribution in [2.75, 3.05) is 19.8 Å². The third-order valence-electron chi connectivity index (χ3n) is 1.50. The molecule has 1 rings (SSSR count). The van der Waals surface area contributed by atoms with Gasteiger partial charge in [0.2, 0.25) is 4.69 Å². The first-order chi connectivity index (χ1) is 4.62. The highest BCUT2D eigenvalue weighted by atomic mass is 79.9. The number of ether oxygens (including phenoxy) is 1. The van der Waals surface area contributed by atoms with E-state index in [1.165, 1.54) is 0 Å². The second-order valence-electron chi connectivity index (χ2n) is 2.76. The van der Waals surface area contributed by atoms with Gasteiger partial charge in [0.25, 0.3) is 0 Å². The summed E-state index contributed by atoms with van der Waals surface area (Å²) in [5.41, 5.74) is 0.0312. The van der Waals surface area contributed by atoms with Crippen LogP contribution in [0.25, 0.3) is 0 Å². The molecule has 1 fully saturated rings. The van der Waals surface area contributed by atoms with Gasteiger partial charge in [0, 0.05) is 0 Å². The topological polar surface area (TPSA) is 38.3 Å². The Morgan fingerprint density at radius 3 is 2.70 bits per heavy atom. The van der Waals surface area contributed by atoms with E-state index in [2.05, 4.69) is 21.2 Å². The highest BCUT2D eigenvalue weighted by Crippen LogP contribution is 2.14. The normalized spacial score (nSPS) is 21.8. The van der Waals surface area contributed by atoms with Crippen molar-refractivity contribution in [1.82, 2.24) is 5.32 Å². The quantitative estimate of drug-likeness (QED) is 0.677. The minimum Gasteiger partial charge on any atom is -0.377 e. The summed E-state index contributed by atoms with van der Waals surface area (Å²) in [6, 6.07) is 0. The molecule has 0 saturated carbocycles. The van der Waals surface area contributed by atoms with Gasteiger partial charge in [0.05, 0.1) is 25.3 Å². The Hall–Kier alpha value is 0.0700. The van der Waals surface area contributed by atoms with Gasteiger partial charge in [-0.2, -0.15) is 0 Å². The fraction of sp³-hybridized carbons (Fsp3) is 0.833. The number of hydrogen-bond donors (Lipinski definition) is 1. The van der Waals surface area contributed by atoms with Crippen LogP contribution in [0.15, 0.2) is 0 Å². The van der Waals surface area contributed by atoms with E-state index in [0.29, 0.717) is 19.8 Å². The molecule has 0 bridgehead atoms. The van der Waals surface area contributed by atoms with Gasteiger partial charge in [0.1, 0.15) is 0 Å². The second-order valence-corrected chi connectivity index (χ2v) is 3.65. The Kier molecular flexibility index (Phi) is 2.44. The van der Waals surface area contributed by atoms with Crippen molar-refractivity contribution in [2.24, 2.45) is 0 Å². The maximum atomic E-state index is 10.4. The summed E-state index contributed by atoms with van der Waals surface area (Å²) >= 11 is 2.84. The lowest BCUT2D eigenvalue weighted by molar-refractivity contribution is -0.112. The van der Waals surface area contributed by atoms with E-state index in [4.69, 9.17) is 4.74 Å². The number of carbonyl (C=O) groups is 1. The van der Waals surface area contributed by atoms with Crippen molar-refractivity contribution < 1.29 is 9.53 Å². The number of nitrogens with one attached hydrogen (secondary N) is 1. The third-order valence-corrected chi connectivity index (χ3v) is 1.78. The molecule has 0 aromatic rings. The molecule has 1 aliphatic heterocycles. The Morgan fingerprint density at radius 2 is 2.40 bits per heavy atom. The number of halogens is 1. The molecular weight excluding hydrogens is 198 g/mol. The molecule has 0 aromatic carbocycles. The second kappa shape index (κ2) is 2.98. The van der Waals surface area contributed by atoms with Crippen LogP contribution in [0.5, 0.6) is 0 Å². The van der Waals surface area contributed by atoms with Gasteiger partial charge in [-0.25, -0.2) is 0 Å². The summed E-state index contributed by atoms with van der Waals surface area (Å²) in [7, 11) is 0. The Bertz CT molecular complexity index is 145. The Labute approximate surface area is 68.3 Å². The van der Waals surface area contributed by atoms with Crippen molar-refractivity contribution in [3.05, 3.63) is 0 Å². The summed E-state index contributed by atoms with van der Waals surface area (Å²) in [6.07, 6.45) is 0. The van der Waals surface area contributed by atoms with E-state index < -0.39 is 0 Å². The maximum absolute atomic E-state index is 10.4.